The predicted molar refractivity (Wildman–Crippen MR) is 101 cm³/mol. The van der Waals surface area contributed by atoms with Crippen molar-refractivity contribution in [1.29, 1.82) is 0 Å². The SMILES string of the molecule is Cc1cc(C)c(C)c(S(=O)(=O)Nc2nc3ccccc3nc2Cl)c1C. The number of nitrogens with one attached hydrogen (secondary N) is 1. The summed E-state index contributed by atoms with van der Waals surface area (Å²) in [5, 5.41) is 0.0157. The fourth-order valence-electron chi connectivity index (χ4n) is 2.81. The van der Waals surface area contributed by atoms with E-state index in [2.05, 4.69) is 14.7 Å². The van der Waals surface area contributed by atoms with Gasteiger partial charge >= 0.3 is 0 Å². The zero-order chi connectivity index (χ0) is 18.4. The second-order valence-electron chi connectivity index (χ2n) is 6.05. The van der Waals surface area contributed by atoms with E-state index in [9.17, 15) is 8.42 Å². The van der Waals surface area contributed by atoms with Crippen molar-refractivity contribution in [3.05, 3.63) is 57.7 Å². The summed E-state index contributed by atoms with van der Waals surface area (Å²) in [5.74, 6) is 0.0262. The Hall–Kier alpha value is -2.18. The number of rotatable bonds is 3. The molecular formula is C18H18ClN3O2S. The molecule has 3 rings (SSSR count). The van der Waals surface area contributed by atoms with Crippen molar-refractivity contribution >= 4 is 38.5 Å². The van der Waals surface area contributed by atoms with Crippen molar-refractivity contribution in [3.63, 3.8) is 0 Å². The average molecular weight is 376 g/mol. The van der Waals surface area contributed by atoms with Gasteiger partial charge in [0.15, 0.2) is 11.0 Å². The number of para-hydroxylation sites is 2. The highest BCUT2D eigenvalue weighted by molar-refractivity contribution is 7.92. The average Bonchev–Trinajstić information content (AvgIpc) is 2.53. The Labute approximate surface area is 152 Å². The first-order valence-electron chi connectivity index (χ1n) is 7.73. The fourth-order valence-corrected chi connectivity index (χ4v) is 4.67. The zero-order valence-electron chi connectivity index (χ0n) is 14.4. The van der Waals surface area contributed by atoms with E-state index in [-0.39, 0.29) is 15.9 Å². The summed E-state index contributed by atoms with van der Waals surface area (Å²) in [4.78, 5) is 8.77. The van der Waals surface area contributed by atoms with E-state index in [1.54, 1.807) is 32.0 Å². The van der Waals surface area contributed by atoms with E-state index in [1.807, 2.05) is 26.0 Å². The molecule has 0 spiro atoms. The van der Waals surface area contributed by atoms with Crippen molar-refractivity contribution < 1.29 is 8.42 Å². The van der Waals surface area contributed by atoms with Gasteiger partial charge in [-0.3, -0.25) is 4.72 Å². The van der Waals surface area contributed by atoms with Crippen LogP contribution in [0, 0.1) is 27.7 Å². The lowest BCUT2D eigenvalue weighted by Gasteiger charge is -2.16. The van der Waals surface area contributed by atoms with Crippen LogP contribution in [-0.2, 0) is 10.0 Å². The molecule has 0 unspecified atom stereocenters. The van der Waals surface area contributed by atoms with Crippen LogP contribution >= 0.6 is 11.6 Å². The van der Waals surface area contributed by atoms with E-state index in [1.165, 1.54) is 0 Å². The highest BCUT2D eigenvalue weighted by Gasteiger charge is 2.24. The van der Waals surface area contributed by atoms with Crippen LogP contribution in [0.2, 0.25) is 5.15 Å². The van der Waals surface area contributed by atoms with Crippen molar-refractivity contribution in [3.8, 4) is 0 Å². The van der Waals surface area contributed by atoms with Crippen LogP contribution in [0.25, 0.3) is 11.0 Å². The molecule has 130 valence electrons. The highest BCUT2D eigenvalue weighted by atomic mass is 35.5. The van der Waals surface area contributed by atoms with Crippen LogP contribution in [0.4, 0.5) is 5.82 Å². The molecule has 0 fully saturated rings. The van der Waals surface area contributed by atoms with Crippen LogP contribution in [0.5, 0.6) is 0 Å². The van der Waals surface area contributed by atoms with Gasteiger partial charge in [0.05, 0.1) is 15.9 Å². The van der Waals surface area contributed by atoms with Gasteiger partial charge in [-0.15, -0.1) is 0 Å². The molecule has 1 N–H and O–H groups in total. The first-order chi connectivity index (χ1) is 11.7. The van der Waals surface area contributed by atoms with E-state index >= 15 is 0 Å². The van der Waals surface area contributed by atoms with Crippen molar-refractivity contribution in [2.75, 3.05) is 4.72 Å². The molecule has 0 atom stereocenters. The number of aryl methyl sites for hydroxylation is 2. The Kier molecular flexibility index (Phi) is 4.43. The summed E-state index contributed by atoms with van der Waals surface area (Å²) >= 11 is 6.14. The van der Waals surface area contributed by atoms with Crippen molar-refractivity contribution in [1.82, 2.24) is 9.97 Å². The summed E-state index contributed by atoms with van der Waals surface area (Å²) in [6.07, 6.45) is 0. The lowest BCUT2D eigenvalue weighted by atomic mass is 10.0. The van der Waals surface area contributed by atoms with Crippen LogP contribution in [0.1, 0.15) is 22.3 Å². The molecule has 3 aromatic rings. The number of anilines is 1. The summed E-state index contributed by atoms with van der Waals surface area (Å²) < 4.78 is 28.5. The summed E-state index contributed by atoms with van der Waals surface area (Å²) in [7, 11) is -3.85. The van der Waals surface area contributed by atoms with Crippen molar-refractivity contribution in [2.45, 2.75) is 32.6 Å². The minimum absolute atomic E-state index is 0.0157. The first-order valence-corrected chi connectivity index (χ1v) is 9.59. The number of benzene rings is 2. The van der Waals surface area contributed by atoms with Crippen LogP contribution in [0.15, 0.2) is 35.2 Å². The first kappa shape index (κ1) is 17.6. The molecule has 0 radical (unpaired) electrons. The minimum atomic E-state index is -3.85. The number of sulfonamides is 1. The molecule has 1 aromatic heterocycles. The molecule has 0 aliphatic heterocycles. The summed E-state index contributed by atoms with van der Waals surface area (Å²) in [5.41, 5.74) is 4.42. The van der Waals surface area contributed by atoms with Gasteiger partial charge in [0.2, 0.25) is 0 Å². The number of hydrogen-bond donors (Lipinski definition) is 1. The zero-order valence-corrected chi connectivity index (χ0v) is 16.0. The van der Waals surface area contributed by atoms with E-state index in [0.29, 0.717) is 22.2 Å². The Morgan fingerprint density at radius 2 is 1.44 bits per heavy atom. The van der Waals surface area contributed by atoms with Crippen molar-refractivity contribution in [2.24, 2.45) is 0 Å². The number of hydrogen-bond acceptors (Lipinski definition) is 4. The molecule has 2 aromatic carbocycles. The topological polar surface area (TPSA) is 72.0 Å². The van der Waals surface area contributed by atoms with Gasteiger partial charge in [0.25, 0.3) is 10.0 Å². The summed E-state index contributed by atoms with van der Waals surface area (Å²) in [6.45, 7) is 7.38. The second kappa shape index (κ2) is 6.28. The molecule has 0 amide bonds. The molecule has 0 saturated heterocycles. The Morgan fingerprint density at radius 1 is 0.920 bits per heavy atom. The van der Waals surface area contributed by atoms with Gasteiger partial charge < -0.3 is 0 Å². The highest BCUT2D eigenvalue weighted by Crippen LogP contribution is 2.29. The molecule has 0 aliphatic rings. The third kappa shape index (κ3) is 3.19. The standard InChI is InChI=1S/C18H18ClN3O2S/c1-10-9-11(2)13(4)16(12(10)3)25(23,24)22-18-17(19)20-14-7-5-6-8-15(14)21-18/h5-9H,1-4H3,(H,21,22). The predicted octanol–water partition coefficient (Wildman–Crippen LogP) is 4.32. The number of halogens is 1. The van der Waals surface area contributed by atoms with E-state index < -0.39 is 10.0 Å². The summed E-state index contributed by atoms with van der Waals surface area (Å²) in [6, 6.07) is 9.13. The van der Waals surface area contributed by atoms with Crippen LogP contribution < -0.4 is 4.72 Å². The fraction of sp³-hybridized carbons (Fsp3) is 0.222. The molecule has 0 bridgehead atoms. The Balaban J connectivity index is 2.14. The van der Waals surface area contributed by atoms with E-state index in [0.717, 1.165) is 11.1 Å². The number of fused-ring (bicyclic) bond motifs is 1. The Morgan fingerprint density at radius 3 is 2.00 bits per heavy atom. The lowest BCUT2D eigenvalue weighted by molar-refractivity contribution is 0.599. The molecule has 7 heteroatoms. The Bertz CT molecular complexity index is 1070. The molecule has 0 saturated carbocycles. The van der Waals surface area contributed by atoms with Gasteiger partial charge in [-0.1, -0.05) is 29.8 Å². The number of aromatic nitrogens is 2. The van der Waals surface area contributed by atoms with E-state index in [4.69, 9.17) is 11.6 Å². The molecule has 1 heterocycles. The maximum atomic E-state index is 13.0. The molecule has 25 heavy (non-hydrogen) atoms. The maximum Gasteiger partial charge on any atom is 0.263 e. The third-order valence-electron chi connectivity index (χ3n) is 4.32. The van der Waals surface area contributed by atoms with Gasteiger partial charge in [0, 0.05) is 0 Å². The maximum absolute atomic E-state index is 13.0. The van der Waals surface area contributed by atoms with Crippen LogP contribution in [0.3, 0.4) is 0 Å². The minimum Gasteiger partial charge on any atom is -0.261 e. The molecule has 5 nitrogen and oxygen atoms in total. The van der Waals surface area contributed by atoms with Crippen LogP contribution in [-0.4, -0.2) is 18.4 Å². The monoisotopic (exact) mass is 375 g/mol. The van der Waals surface area contributed by atoms with Gasteiger partial charge in [-0.25, -0.2) is 18.4 Å². The van der Waals surface area contributed by atoms with Gasteiger partial charge in [0.1, 0.15) is 0 Å². The smallest absolute Gasteiger partial charge is 0.261 e. The number of nitrogens with zero attached hydrogens (tertiary/aromatic N) is 2. The second-order valence-corrected chi connectivity index (χ2v) is 8.02. The molecule has 0 aliphatic carbocycles. The normalized spacial score (nSPS) is 11.7. The van der Waals surface area contributed by atoms with Gasteiger partial charge in [-0.05, 0) is 62.1 Å². The van der Waals surface area contributed by atoms with Gasteiger partial charge in [-0.2, -0.15) is 0 Å². The molecular weight excluding hydrogens is 358 g/mol. The lowest BCUT2D eigenvalue weighted by Crippen LogP contribution is -2.18. The third-order valence-corrected chi connectivity index (χ3v) is 6.20. The largest absolute Gasteiger partial charge is 0.263 e. The quantitative estimate of drug-likeness (QED) is 0.740.